The summed E-state index contributed by atoms with van der Waals surface area (Å²) in [7, 11) is 0. The maximum atomic E-state index is 11.9. The van der Waals surface area contributed by atoms with Crippen LogP contribution in [-0.2, 0) is 0 Å². The molecule has 7 heteroatoms. The zero-order valence-corrected chi connectivity index (χ0v) is 13.7. The van der Waals surface area contributed by atoms with E-state index in [1.165, 1.54) is 12.3 Å². The number of nitrogens with one attached hydrogen (secondary N) is 1. The molecular formula is C16H14Cl2N2O3. The van der Waals surface area contributed by atoms with Crippen molar-refractivity contribution in [2.75, 3.05) is 6.61 Å². The second kappa shape index (κ2) is 7.85. The average Bonchev–Trinajstić information content (AvgIpc) is 2.56. The summed E-state index contributed by atoms with van der Waals surface area (Å²) < 4.78 is 5.27. The minimum absolute atomic E-state index is 0.116. The van der Waals surface area contributed by atoms with E-state index in [2.05, 4.69) is 10.5 Å². The fourth-order valence-electron chi connectivity index (χ4n) is 1.81. The Morgan fingerprint density at radius 1 is 1.35 bits per heavy atom. The molecule has 5 nitrogen and oxygen atoms in total. The molecule has 2 N–H and O–H groups in total. The molecule has 0 atom stereocenters. The molecule has 1 amide bonds. The molecule has 0 fully saturated rings. The van der Waals surface area contributed by atoms with Crippen LogP contribution < -0.4 is 10.2 Å². The number of carbonyl (C=O) groups excluding carboxylic acids is 1. The smallest absolute Gasteiger partial charge is 0.271 e. The highest BCUT2D eigenvalue weighted by Crippen LogP contribution is 2.39. The van der Waals surface area contributed by atoms with Crippen molar-refractivity contribution in [2.45, 2.75) is 6.92 Å². The Bertz CT molecular complexity index is 734. The Labute approximate surface area is 143 Å². The van der Waals surface area contributed by atoms with E-state index in [4.69, 9.17) is 27.9 Å². The standard InChI is InChI=1S/C16H14Cl2N2O3/c1-2-23-13-8-12(17)14(18)11(15(13)21)9-19-20-16(22)10-6-4-3-5-7-10/h3-9,21H,2H2,1H3,(H,20,22). The number of nitrogens with zero attached hydrogens (tertiary/aromatic N) is 1. The van der Waals surface area contributed by atoms with Crippen LogP contribution in [0.25, 0.3) is 0 Å². The lowest BCUT2D eigenvalue weighted by atomic mass is 10.2. The van der Waals surface area contributed by atoms with Gasteiger partial charge in [0.1, 0.15) is 0 Å². The fraction of sp³-hybridized carbons (Fsp3) is 0.125. The topological polar surface area (TPSA) is 70.9 Å². The Morgan fingerprint density at radius 2 is 2.04 bits per heavy atom. The van der Waals surface area contributed by atoms with E-state index in [0.29, 0.717) is 12.2 Å². The normalized spacial score (nSPS) is 10.7. The maximum absolute atomic E-state index is 11.9. The van der Waals surface area contributed by atoms with E-state index >= 15 is 0 Å². The maximum Gasteiger partial charge on any atom is 0.271 e. The van der Waals surface area contributed by atoms with Crippen LogP contribution in [0.2, 0.25) is 10.0 Å². The first-order valence-corrected chi connectivity index (χ1v) is 7.52. The molecule has 0 aliphatic rings. The number of hydrazone groups is 1. The molecule has 0 aliphatic carbocycles. The number of phenolic OH excluding ortho intramolecular Hbond substituents is 1. The van der Waals surface area contributed by atoms with Gasteiger partial charge in [-0.25, -0.2) is 5.43 Å². The van der Waals surface area contributed by atoms with Crippen molar-refractivity contribution in [1.29, 1.82) is 0 Å². The lowest BCUT2D eigenvalue weighted by Crippen LogP contribution is -2.17. The van der Waals surface area contributed by atoms with Crippen molar-refractivity contribution in [1.82, 2.24) is 5.43 Å². The highest BCUT2D eigenvalue weighted by Gasteiger charge is 2.15. The molecule has 0 aliphatic heterocycles. The number of carbonyl (C=O) groups is 1. The molecule has 2 rings (SSSR count). The van der Waals surface area contributed by atoms with Crippen LogP contribution in [0.4, 0.5) is 0 Å². The van der Waals surface area contributed by atoms with Gasteiger partial charge in [-0.15, -0.1) is 0 Å². The van der Waals surface area contributed by atoms with Gasteiger partial charge in [0, 0.05) is 11.6 Å². The summed E-state index contributed by atoms with van der Waals surface area (Å²) in [4.78, 5) is 11.9. The van der Waals surface area contributed by atoms with Gasteiger partial charge in [-0.05, 0) is 19.1 Å². The Morgan fingerprint density at radius 3 is 2.70 bits per heavy atom. The molecule has 120 valence electrons. The van der Waals surface area contributed by atoms with Gasteiger partial charge in [-0.2, -0.15) is 5.10 Å². The molecule has 23 heavy (non-hydrogen) atoms. The molecule has 0 heterocycles. The molecule has 0 radical (unpaired) electrons. The van der Waals surface area contributed by atoms with Crippen LogP contribution in [0, 0.1) is 0 Å². The third-order valence-electron chi connectivity index (χ3n) is 2.89. The molecule has 0 unspecified atom stereocenters. The Kier molecular flexibility index (Phi) is 5.84. The largest absolute Gasteiger partial charge is 0.504 e. The Hall–Kier alpha value is -2.24. The van der Waals surface area contributed by atoms with Crippen LogP contribution >= 0.6 is 23.2 Å². The molecule has 2 aromatic carbocycles. The number of ether oxygens (including phenoxy) is 1. The molecule has 0 spiro atoms. The van der Waals surface area contributed by atoms with Gasteiger partial charge in [0.05, 0.1) is 28.4 Å². The zero-order valence-electron chi connectivity index (χ0n) is 12.2. The van der Waals surface area contributed by atoms with Gasteiger partial charge in [-0.3, -0.25) is 4.79 Å². The third-order valence-corrected chi connectivity index (χ3v) is 3.69. The molecule has 0 saturated heterocycles. The van der Waals surface area contributed by atoms with Gasteiger partial charge in [0.25, 0.3) is 5.91 Å². The number of halogens is 2. The average molecular weight is 353 g/mol. The van der Waals surface area contributed by atoms with E-state index in [9.17, 15) is 9.90 Å². The van der Waals surface area contributed by atoms with Crippen molar-refractivity contribution in [3.63, 3.8) is 0 Å². The van der Waals surface area contributed by atoms with Crippen molar-refractivity contribution < 1.29 is 14.6 Å². The quantitative estimate of drug-likeness (QED) is 0.633. The number of rotatable bonds is 5. The van der Waals surface area contributed by atoms with E-state index in [-0.39, 0.29) is 33.0 Å². The van der Waals surface area contributed by atoms with E-state index in [1.54, 1.807) is 37.3 Å². The summed E-state index contributed by atoms with van der Waals surface area (Å²) in [6, 6.07) is 10.0. The molecule has 0 aromatic heterocycles. The lowest BCUT2D eigenvalue weighted by molar-refractivity contribution is 0.0955. The van der Waals surface area contributed by atoms with Crippen molar-refractivity contribution in [3.8, 4) is 11.5 Å². The van der Waals surface area contributed by atoms with Crippen LogP contribution in [-0.4, -0.2) is 23.8 Å². The SMILES string of the molecule is CCOc1cc(Cl)c(Cl)c(C=NNC(=O)c2ccccc2)c1O. The number of amides is 1. The van der Waals surface area contributed by atoms with Crippen molar-refractivity contribution in [3.05, 3.63) is 57.6 Å². The summed E-state index contributed by atoms with van der Waals surface area (Å²) in [5, 5.41) is 14.3. The van der Waals surface area contributed by atoms with Crippen LogP contribution in [0.1, 0.15) is 22.8 Å². The highest BCUT2D eigenvalue weighted by atomic mass is 35.5. The molecule has 2 aromatic rings. The van der Waals surface area contributed by atoms with Gasteiger partial charge in [0.15, 0.2) is 11.5 Å². The fourth-order valence-corrected chi connectivity index (χ4v) is 2.20. The number of phenols is 1. The number of aromatic hydroxyl groups is 1. The minimum Gasteiger partial charge on any atom is -0.504 e. The highest BCUT2D eigenvalue weighted by molar-refractivity contribution is 6.43. The van der Waals surface area contributed by atoms with E-state index in [1.807, 2.05) is 0 Å². The third kappa shape index (κ3) is 4.15. The minimum atomic E-state index is -0.385. The second-order valence-corrected chi connectivity index (χ2v) is 5.22. The van der Waals surface area contributed by atoms with Gasteiger partial charge in [0.2, 0.25) is 0 Å². The predicted octanol–water partition coefficient (Wildman–Crippen LogP) is 3.86. The number of benzene rings is 2. The Balaban J connectivity index is 2.21. The number of hydrogen-bond donors (Lipinski definition) is 2. The lowest BCUT2D eigenvalue weighted by Gasteiger charge is -2.10. The van der Waals surface area contributed by atoms with Crippen molar-refractivity contribution >= 4 is 35.3 Å². The molecule has 0 bridgehead atoms. The van der Waals surface area contributed by atoms with Crippen LogP contribution in [0.5, 0.6) is 11.5 Å². The van der Waals surface area contributed by atoms with E-state index in [0.717, 1.165) is 0 Å². The first-order valence-electron chi connectivity index (χ1n) is 6.76. The molecule has 0 saturated carbocycles. The van der Waals surface area contributed by atoms with Crippen LogP contribution in [0.15, 0.2) is 41.5 Å². The van der Waals surface area contributed by atoms with Gasteiger partial charge >= 0.3 is 0 Å². The summed E-state index contributed by atoms with van der Waals surface area (Å²) in [5.41, 5.74) is 2.97. The van der Waals surface area contributed by atoms with E-state index < -0.39 is 0 Å². The monoisotopic (exact) mass is 352 g/mol. The number of hydrogen-bond acceptors (Lipinski definition) is 4. The van der Waals surface area contributed by atoms with Gasteiger partial charge in [-0.1, -0.05) is 41.4 Å². The predicted molar refractivity (Wildman–Crippen MR) is 90.8 cm³/mol. The summed E-state index contributed by atoms with van der Waals surface area (Å²) in [5.74, 6) is -0.388. The first-order chi connectivity index (χ1) is 11.0. The van der Waals surface area contributed by atoms with Gasteiger partial charge < -0.3 is 9.84 Å². The second-order valence-electron chi connectivity index (χ2n) is 4.43. The van der Waals surface area contributed by atoms with Crippen LogP contribution in [0.3, 0.4) is 0 Å². The summed E-state index contributed by atoms with van der Waals surface area (Å²) in [6.07, 6.45) is 1.22. The first kappa shape index (κ1) is 17.1. The summed E-state index contributed by atoms with van der Waals surface area (Å²) in [6.45, 7) is 2.13. The zero-order chi connectivity index (χ0) is 16.8. The summed E-state index contributed by atoms with van der Waals surface area (Å²) >= 11 is 12.0. The van der Waals surface area contributed by atoms with Crippen molar-refractivity contribution in [2.24, 2.45) is 5.10 Å². The molecular weight excluding hydrogens is 339 g/mol.